The van der Waals surface area contributed by atoms with Gasteiger partial charge in [0.2, 0.25) is 11.8 Å². The molecule has 2 aliphatic heterocycles. The molecule has 220 valence electrons. The van der Waals surface area contributed by atoms with Crippen LogP contribution in [0.1, 0.15) is 43.7 Å². The van der Waals surface area contributed by atoms with E-state index in [1.54, 1.807) is 0 Å². The van der Waals surface area contributed by atoms with Crippen LogP contribution in [0.2, 0.25) is 0 Å². The van der Waals surface area contributed by atoms with E-state index in [4.69, 9.17) is 15.3 Å². The van der Waals surface area contributed by atoms with Gasteiger partial charge in [0.15, 0.2) is 12.3 Å². The maximum atomic E-state index is 13.9. The molecule has 2 aliphatic rings. The summed E-state index contributed by atoms with van der Waals surface area (Å²) < 4.78 is 5.78. The van der Waals surface area contributed by atoms with Crippen LogP contribution in [0.3, 0.4) is 0 Å². The molecule has 0 spiro atoms. The molecule has 4 amide bonds. The number of primary amides is 1. The predicted octanol–water partition coefficient (Wildman–Crippen LogP) is 3.77. The minimum absolute atomic E-state index is 0.00630. The van der Waals surface area contributed by atoms with E-state index in [9.17, 15) is 19.2 Å². The monoisotopic (exact) mass is 572 g/mol. The highest BCUT2D eigenvalue weighted by atomic mass is 16.7. The molecule has 2 heterocycles. The Morgan fingerprint density at radius 1 is 0.976 bits per heavy atom. The Morgan fingerprint density at radius 2 is 1.71 bits per heavy atom. The number of carbonyl (C=O) groups is 4. The summed E-state index contributed by atoms with van der Waals surface area (Å²) in [5, 5.41) is 3.09. The largest absolute Gasteiger partial charge is 0.443 e. The summed E-state index contributed by atoms with van der Waals surface area (Å²) in [4.78, 5) is 61.9. The summed E-state index contributed by atoms with van der Waals surface area (Å²) in [6, 6.07) is 22.2. The second kappa shape index (κ2) is 13.0. The van der Waals surface area contributed by atoms with Gasteiger partial charge in [-0.05, 0) is 28.3 Å². The van der Waals surface area contributed by atoms with Gasteiger partial charge in [0.25, 0.3) is 5.91 Å². The molecule has 0 radical (unpaired) electrons. The van der Waals surface area contributed by atoms with Crippen LogP contribution < -0.4 is 5.73 Å². The molecule has 42 heavy (non-hydrogen) atoms. The molecular weight excluding hydrogens is 536 g/mol. The maximum Gasteiger partial charge on any atom is 0.436 e. The highest BCUT2D eigenvalue weighted by Crippen LogP contribution is 2.31. The Labute approximate surface area is 244 Å². The summed E-state index contributed by atoms with van der Waals surface area (Å²) >= 11 is 0. The number of carbonyl (C=O) groups excluding carboxylic acids is 4. The normalized spacial score (nSPS) is 20.5. The van der Waals surface area contributed by atoms with E-state index >= 15 is 0 Å². The fourth-order valence-corrected chi connectivity index (χ4v) is 5.66. The van der Waals surface area contributed by atoms with E-state index in [0.29, 0.717) is 12.8 Å². The number of nitrogens with zero attached hydrogens (tertiary/aromatic N) is 3. The first-order valence-electron chi connectivity index (χ1n) is 14.4. The van der Waals surface area contributed by atoms with E-state index in [2.05, 4.69) is 0 Å². The molecule has 3 aromatic rings. The Hall–Kier alpha value is -4.44. The third-order valence-corrected chi connectivity index (χ3v) is 7.81. The molecule has 3 atom stereocenters. The zero-order valence-electron chi connectivity index (χ0n) is 23.7. The summed E-state index contributed by atoms with van der Waals surface area (Å²) in [6.07, 6.45) is -0.583. The fraction of sp³-hybridized carbons (Fsp3) is 0.375. The lowest BCUT2D eigenvalue weighted by Gasteiger charge is -2.52. The van der Waals surface area contributed by atoms with Gasteiger partial charge < -0.3 is 20.3 Å². The standard InChI is InChI=1S/C32H36N4O6/c1-2-3-16-26-30(38)34(18-17-28(33)37)20-29-35(26)31(39)27(19-22-10-5-4-6-11-22)42-36(29)32(40)41-21-24-14-9-13-23-12-7-8-15-25(23)24/h4-15,26-27,29H,2-3,16-21H2,1H3,(H2,33,37)/t26-,27-,29-/m0/s1. The number of hydrogen-bond donors (Lipinski definition) is 1. The van der Waals surface area contributed by atoms with E-state index in [0.717, 1.165) is 33.4 Å². The lowest BCUT2D eigenvalue weighted by Crippen LogP contribution is -2.73. The van der Waals surface area contributed by atoms with E-state index in [1.807, 2.05) is 79.7 Å². The molecule has 2 fully saturated rings. The third-order valence-electron chi connectivity index (χ3n) is 7.81. The lowest BCUT2D eigenvalue weighted by molar-refractivity contribution is -0.267. The highest BCUT2D eigenvalue weighted by molar-refractivity contribution is 5.92. The van der Waals surface area contributed by atoms with Crippen molar-refractivity contribution in [2.75, 3.05) is 13.1 Å². The number of hydrogen-bond acceptors (Lipinski definition) is 6. The molecule has 5 rings (SSSR count). The first kappa shape index (κ1) is 29.1. The van der Waals surface area contributed by atoms with Crippen LogP contribution in [0.15, 0.2) is 72.8 Å². The van der Waals surface area contributed by atoms with Gasteiger partial charge in [-0.15, -0.1) is 0 Å². The number of piperazine rings is 1. The van der Waals surface area contributed by atoms with Crippen LogP contribution in [-0.4, -0.2) is 70.1 Å². The molecule has 2 N–H and O–H groups in total. The van der Waals surface area contributed by atoms with Crippen LogP contribution in [0.4, 0.5) is 4.79 Å². The van der Waals surface area contributed by atoms with Crippen molar-refractivity contribution < 1.29 is 28.8 Å². The lowest BCUT2D eigenvalue weighted by atomic mass is 9.98. The highest BCUT2D eigenvalue weighted by Gasteiger charge is 2.53. The predicted molar refractivity (Wildman–Crippen MR) is 155 cm³/mol. The Kier molecular flexibility index (Phi) is 9.02. The van der Waals surface area contributed by atoms with E-state index in [-0.39, 0.29) is 44.4 Å². The summed E-state index contributed by atoms with van der Waals surface area (Å²) in [5.74, 6) is -1.16. The molecule has 0 unspecified atom stereocenters. The number of nitrogens with two attached hydrogens (primary N) is 1. The van der Waals surface area contributed by atoms with Crippen molar-refractivity contribution in [2.45, 2.75) is 63.9 Å². The number of fused-ring (bicyclic) bond motifs is 2. The number of unbranched alkanes of at least 4 members (excludes halogenated alkanes) is 1. The zero-order valence-corrected chi connectivity index (χ0v) is 23.7. The first-order valence-corrected chi connectivity index (χ1v) is 14.4. The van der Waals surface area contributed by atoms with Gasteiger partial charge in [-0.2, -0.15) is 5.06 Å². The van der Waals surface area contributed by atoms with Crippen molar-refractivity contribution in [3.05, 3.63) is 83.9 Å². The molecule has 0 aromatic heterocycles. The Balaban J connectivity index is 1.45. The number of hydroxylamine groups is 2. The van der Waals surface area contributed by atoms with Gasteiger partial charge in [-0.1, -0.05) is 92.6 Å². The van der Waals surface area contributed by atoms with E-state index in [1.165, 1.54) is 9.80 Å². The minimum atomic E-state index is -1.03. The SMILES string of the molecule is CCCC[C@H]1C(=O)N(CCC(N)=O)C[C@@H]2N(C(=O)OCc3cccc4ccccc34)O[C@@H](Cc3ccccc3)C(=O)N21. The number of benzene rings is 3. The van der Waals surface area contributed by atoms with Gasteiger partial charge in [0.1, 0.15) is 12.6 Å². The summed E-state index contributed by atoms with van der Waals surface area (Å²) in [7, 11) is 0. The summed E-state index contributed by atoms with van der Waals surface area (Å²) in [5.41, 5.74) is 7.06. The van der Waals surface area contributed by atoms with E-state index < -0.39 is 30.3 Å². The summed E-state index contributed by atoms with van der Waals surface area (Å²) in [6.45, 7) is 2.06. The molecule has 0 aliphatic carbocycles. The average Bonchev–Trinajstić information content (AvgIpc) is 3.00. The van der Waals surface area contributed by atoms with Gasteiger partial charge >= 0.3 is 6.09 Å². The smallest absolute Gasteiger partial charge is 0.436 e. The van der Waals surface area contributed by atoms with Crippen LogP contribution in [0.25, 0.3) is 10.8 Å². The number of rotatable bonds is 10. The molecule has 10 nitrogen and oxygen atoms in total. The van der Waals surface area contributed by atoms with Gasteiger partial charge in [0.05, 0.1) is 6.54 Å². The van der Waals surface area contributed by atoms with Gasteiger partial charge in [-0.3, -0.25) is 19.2 Å². The van der Waals surface area contributed by atoms with Gasteiger partial charge in [0, 0.05) is 19.4 Å². The van der Waals surface area contributed by atoms with Crippen molar-refractivity contribution in [1.29, 1.82) is 0 Å². The van der Waals surface area contributed by atoms with Gasteiger partial charge in [-0.25, -0.2) is 4.79 Å². The fourth-order valence-electron chi connectivity index (χ4n) is 5.66. The van der Waals surface area contributed by atoms with Crippen molar-refractivity contribution in [2.24, 2.45) is 5.73 Å². The zero-order chi connectivity index (χ0) is 29.6. The Morgan fingerprint density at radius 3 is 2.48 bits per heavy atom. The topological polar surface area (TPSA) is 122 Å². The van der Waals surface area contributed by atoms with Crippen molar-refractivity contribution in [3.8, 4) is 0 Å². The third kappa shape index (κ3) is 6.23. The molecule has 10 heteroatoms. The van der Waals surface area contributed by atoms with Crippen LogP contribution >= 0.6 is 0 Å². The molecule has 3 aromatic carbocycles. The van der Waals surface area contributed by atoms with Crippen molar-refractivity contribution in [3.63, 3.8) is 0 Å². The second-order valence-electron chi connectivity index (χ2n) is 10.7. The Bertz CT molecular complexity index is 1440. The van der Waals surface area contributed by atoms with Crippen LogP contribution in [-0.2, 0) is 37.0 Å². The molecule has 2 saturated heterocycles. The maximum absolute atomic E-state index is 13.9. The van der Waals surface area contributed by atoms with Crippen LogP contribution in [0, 0.1) is 0 Å². The second-order valence-corrected chi connectivity index (χ2v) is 10.7. The minimum Gasteiger partial charge on any atom is -0.443 e. The average molecular weight is 573 g/mol. The van der Waals surface area contributed by atoms with Crippen molar-refractivity contribution >= 4 is 34.6 Å². The first-order chi connectivity index (χ1) is 20.4. The number of ether oxygens (including phenoxy) is 1. The van der Waals surface area contributed by atoms with Crippen LogP contribution in [0.5, 0.6) is 0 Å². The molecule has 0 saturated carbocycles. The number of amides is 4. The van der Waals surface area contributed by atoms with Crippen molar-refractivity contribution in [1.82, 2.24) is 14.9 Å². The molecule has 0 bridgehead atoms. The molecular formula is C32H36N4O6. The quantitative estimate of drug-likeness (QED) is 0.395.